The average molecular weight is 247 g/mol. The first-order valence-electron chi connectivity index (χ1n) is 6.20. The van der Waals surface area contributed by atoms with Crippen LogP contribution >= 0.6 is 11.8 Å². The van der Waals surface area contributed by atoms with Gasteiger partial charge in [-0.2, -0.15) is 0 Å². The van der Waals surface area contributed by atoms with E-state index < -0.39 is 0 Å². The molecule has 3 nitrogen and oxygen atoms in total. The van der Waals surface area contributed by atoms with E-state index in [-0.39, 0.29) is 0 Å². The molecule has 17 heavy (non-hydrogen) atoms. The van der Waals surface area contributed by atoms with Crippen LogP contribution in [-0.4, -0.2) is 21.9 Å². The maximum Gasteiger partial charge on any atom is 0.157 e. The number of thioether (sulfide) groups is 1. The molecule has 0 aromatic carbocycles. The van der Waals surface area contributed by atoms with Crippen molar-refractivity contribution < 1.29 is 0 Å². The van der Waals surface area contributed by atoms with Crippen molar-refractivity contribution in [3.63, 3.8) is 0 Å². The summed E-state index contributed by atoms with van der Waals surface area (Å²) in [6.45, 7) is 3.17. The van der Waals surface area contributed by atoms with Crippen molar-refractivity contribution in [2.24, 2.45) is 10.9 Å². The van der Waals surface area contributed by atoms with Gasteiger partial charge in [-0.3, -0.25) is 9.98 Å². The first-order chi connectivity index (χ1) is 8.33. The number of aromatic nitrogens is 1. The smallest absolute Gasteiger partial charge is 0.157 e. The van der Waals surface area contributed by atoms with Crippen molar-refractivity contribution in [2.75, 3.05) is 6.54 Å². The van der Waals surface area contributed by atoms with Crippen molar-refractivity contribution in [3.8, 4) is 0 Å². The standard InChI is InChI=1S/C13H17N3S/c1-9(10-4-6-14-7-5-10)16-13-15-8-12(17-13)11-2-3-11/h4-7,9,11-12H,2-3,8H2,1H3,(H,15,16). The second-order valence-electron chi connectivity index (χ2n) is 4.79. The minimum Gasteiger partial charge on any atom is -0.358 e. The Morgan fingerprint density at radius 2 is 2.12 bits per heavy atom. The van der Waals surface area contributed by atoms with Crippen LogP contribution in [0.2, 0.25) is 0 Å². The third-order valence-corrected chi connectivity index (χ3v) is 4.68. The molecule has 1 aliphatic carbocycles. The molecule has 90 valence electrons. The number of nitrogens with zero attached hydrogens (tertiary/aromatic N) is 2. The third-order valence-electron chi connectivity index (χ3n) is 3.37. The summed E-state index contributed by atoms with van der Waals surface area (Å²) < 4.78 is 0. The van der Waals surface area contributed by atoms with Gasteiger partial charge in [0.15, 0.2) is 5.17 Å². The lowest BCUT2D eigenvalue weighted by Crippen LogP contribution is -2.23. The molecule has 1 aromatic rings. The highest BCUT2D eigenvalue weighted by Crippen LogP contribution is 2.41. The highest BCUT2D eigenvalue weighted by molar-refractivity contribution is 8.14. The molecule has 0 bridgehead atoms. The van der Waals surface area contributed by atoms with E-state index in [0.29, 0.717) is 6.04 Å². The van der Waals surface area contributed by atoms with Crippen LogP contribution in [-0.2, 0) is 0 Å². The summed E-state index contributed by atoms with van der Waals surface area (Å²) in [6.07, 6.45) is 6.48. The lowest BCUT2D eigenvalue weighted by molar-refractivity contribution is 0.719. The monoisotopic (exact) mass is 247 g/mol. The first-order valence-corrected chi connectivity index (χ1v) is 7.08. The van der Waals surface area contributed by atoms with Gasteiger partial charge < -0.3 is 5.32 Å². The summed E-state index contributed by atoms with van der Waals surface area (Å²) in [5.74, 6) is 0.930. The molecular formula is C13H17N3S. The van der Waals surface area contributed by atoms with Gasteiger partial charge in [-0.25, -0.2) is 0 Å². The van der Waals surface area contributed by atoms with E-state index in [9.17, 15) is 0 Å². The van der Waals surface area contributed by atoms with E-state index in [1.165, 1.54) is 18.4 Å². The Kier molecular flexibility index (Phi) is 3.05. The molecule has 1 N–H and O–H groups in total. The normalized spacial score (nSPS) is 25.5. The van der Waals surface area contributed by atoms with Crippen LogP contribution in [0.5, 0.6) is 0 Å². The summed E-state index contributed by atoms with van der Waals surface area (Å²) in [5, 5.41) is 5.35. The second-order valence-corrected chi connectivity index (χ2v) is 6.01. The Morgan fingerprint density at radius 1 is 1.35 bits per heavy atom. The highest BCUT2D eigenvalue weighted by atomic mass is 32.2. The Balaban J connectivity index is 1.57. The second kappa shape index (κ2) is 4.69. The molecule has 2 atom stereocenters. The number of amidine groups is 1. The molecule has 0 amide bonds. The maximum atomic E-state index is 4.60. The van der Waals surface area contributed by atoms with Crippen LogP contribution in [0.25, 0.3) is 0 Å². The van der Waals surface area contributed by atoms with Crippen LogP contribution < -0.4 is 5.32 Å². The molecule has 1 saturated carbocycles. The summed E-state index contributed by atoms with van der Waals surface area (Å²) in [5.41, 5.74) is 1.26. The van der Waals surface area contributed by atoms with Gasteiger partial charge >= 0.3 is 0 Å². The van der Waals surface area contributed by atoms with Gasteiger partial charge in [0.25, 0.3) is 0 Å². The topological polar surface area (TPSA) is 37.3 Å². The lowest BCUT2D eigenvalue weighted by Gasteiger charge is -2.15. The zero-order valence-corrected chi connectivity index (χ0v) is 10.8. The predicted octanol–water partition coefficient (Wildman–Crippen LogP) is 2.61. The van der Waals surface area contributed by atoms with Crippen molar-refractivity contribution in [1.82, 2.24) is 10.3 Å². The minimum absolute atomic E-state index is 0.308. The number of pyridine rings is 1. The van der Waals surface area contributed by atoms with E-state index in [1.54, 1.807) is 0 Å². The van der Waals surface area contributed by atoms with Crippen molar-refractivity contribution in [2.45, 2.75) is 31.1 Å². The molecule has 1 fully saturated rings. The van der Waals surface area contributed by atoms with Crippen molar-refractivity contribution in [3.05, 3.63) is 30.1 Å². The highest BCUT2D eigenvalue weighted by Gasteiger charge is 2.35. The average Bonchev–Trinajstić information content (AvgIpc) is 3.12. The molecule has 0 radical (unpaired) electrons. The van der Waals surface area contributed by atoms with E-state index in [2.05, 4.69) is 34.3 Å². The van der Waals surface area contributed by atoms with E-state index in [4.69, 9.17) is 0 Å². The molecule has 4 heteroatoms. The summed E-state index contributed by atoms with van der Waals surface area (Å²) >= 11 is 1.93. The Labute approximate surface area is 106 Å². The molecule has 0 spiro atoms. The van der Waals surface area contributed by atoms with Crippen LogP contribution in [0.15, 0.2) is 29.5 Å². The fourth-order valence-electron chi connectivity index (χ4n) is 2.10. The van der Waals surface area contributed by atoms with E-state index in [1.807, 2.05) is 24.2 Å². The fraction of sp³-hybridized carbons (Fsp3) is 0.538. The van der Waals surface area contributed by atoms with E-state index >= 15 is 0 Å². The Hall–Kier alpha value is -1.03. The summed E-state index contributed by atoms with van der Waals surface area (Å²) in [4.78, 5) is 8.64. The molecule has 0 saturated heterocycles. The van der Waals surface area contributed by atoms with Gasteiger partial charge in [0.05, 0.1) is 12.6 Å². The number of hydrogen-bond acceptors (Lipinski definition) is 4. The first kappa shape index (κ1) is 11.1. The Bertz CT molecular complexity index is 414. The number of nitrogens with one attached hydrogen (secondary N) is 1. The number of hydrogen-bond donors (Lipinski definition) is 1. The van der Waals surface area contributed by atoms with Gasteiger partial charge in [0, 0.05) is 17.6 Å². The van der Waals surface area contributed by atoms with Gasteiger partial charge in [-0.15, -0.1) is 0 Å². The third kappa shape index (κ3) is 2.63. The van der Waals surface area contributed by atoms with Crippen LogP contribution in [0.1, 0.15) is 31.4 Å². The fourth-order valence-corrected chi connectivity index (χ4v) is 3.40. The van der Waals surface area contributed by atoms with Gasteiger partial charge in [-0.1, -0.05) is 11.8 Å². The van der Waals surface area contributed by atoms with Crippen LogP contribution in [0.3, 0.4) is 0 Å². The van der Waals surface area contributed by atoms with Gasteiger partial charge in [0.1, 0.15) is 0 Å². The lowest BCUT2D eigenvalue weighted by atomic mass is 10.1. The van der Waals surface area contributed by atoms with Gasteiger partial charge in [0.2, 0.25) is 0 Å². The molecule has 2 heterocycles. The summed E-state index contributed by atoms with van der Waals surface area (Å²) in [6, 6.07) is 4.41. The zero-order chi connectivity index (χ0) is 11.7. The molecule has 1 aliphatic heterocycles. The summed E-state index contributed by atoms with van der Waals surface area (Å²) in [7, 11) is 0. The van der Waals surface area contributed by atoms with Crippen LogP contribution in [0, 0.1) is 5.92 Å². The van der Waals surface area contributed by atoms with Crippen molar-refractivity contribution >= 4 is 16.9 Å². The largest absolute Gasteiger partial charge is 0.358 e. The molecule has 2 unspecified atom stereocenters. The Morgan fingerprint density at radius 3 is 2.82 bits per heavy atom. The quantitative estimate of drug-likeness (QED) is 0.892. The SMILES string of the molecule is CC(NC1=NCC(C2CC2)S1)c1ccncc1. The molecule has 2 aliphatic rings. The number of aliphatic imine (C=N–C) groups is 1. The zero-order valence-electron chi connectivity index (χ0n) is 9.97. The molecular weight excluding hydrogens is 230 g/mol. The van der Waals surface area contributed by atoms with Crippen molar-refractivity contribution in [1.29, 1.82) is 0 Å². The number of rotatable bonds is 3. The predicted molar refractivity (Wildman–Crippen MR) is 72.2 cm³/mol. The van der Waals surface area contributed by atoms with E-state index in [0.717, 1.165) is 22.9 Å². The molecule has 3 rings (SSSR count). The minimum atomic E-state index is 0.308. The van der Waals surface area contributed by atoms with Crippen LogP contribution in [0.4, 0.5) is 0 Å². The maximum absolute atomic E-state index is 4.60. The molecule has 1 aromatic heterocycles. The van der Waals surface area contributed by atoms with Gasteiger partial charge in [-0.05, 0) is 43.4 Å².